The highest BCUT2D eigenvalue weighted by molar-refractivity contribution is 7.16. The molecule has 1 atom stereocenters. The predicted molar refractivity (Wildman–Crippen MR) is 97.9 cm³/mol. The minimum atomic E-state index is 0.359. The zero-order chi connectivity index (χ0) is 16.5. The zero-order valence-corrected chi connectivity index (χ0v) is 14.5. The minimum absolute atomic E-state index is 0.359. The lowest BCUT2D eigenvalue weighted by Crippen LogP contribution is -2.26. The van der Waals surface area contributed by atoms with Crippen molar-refractivity contribution < 1.29 is 0 Å². The fourth-order valence-electron chi connectivity index (χ4n) is 3.53. The lowest BCUT2D eigenvalue weighted by molar-refractivity contribution is 0.205. The molecule has 0 aliphatic carbocycles. The molecule has 0 amide bonds. The van der Waals surface area contributed by atoms with Gasteiger partial charge in [0.1, 0.15) is 0 Å². The molecule has 0 bridgehead atoms. The van der Waals surface area contributed by atoms with E-state index < -0.39 is 0 Å². The van der Waals surface area contributed by atoms with Crippen LogP contribution in [0.25, 0.3) is 10.2 Å². The van der Waals surface area contributed by atoms with Crippen LogP contribution in [0.2, 0.25) is 0 Å². The van der Waals surface area contributed by atoms with Crippen molar-refractivity contribution in [3.8, 4) is 6.07 Å². The van der Waals surface area contributed by atoms with Crippen LogP contribution in [0.1, 0.15) is 41.6 Å². The third kappa shape index (κ3) is 2.82. The number of fused-ring (bicyclic) bond motifs is 2. The summed E-state index contributed by atoms with van der Waals surface area (Å²) < 4.78 is 1.25. The van der Waals surface area contributed by atoms with E-state index in [2.05, 4.69) is 53.2 Å². The summed E-state index contributed by atoms with van der Waals surface area (Å²) in [4.78, 5) is 6.98. The van der Waals surface area contributed by atoms with Gasteiger partial charge in [-0.15, -0.1) is 11.3 Å². The fourth-order valence-corrected chi connectivity index (χ4v) is 4.19. The van der Waals surface area contributed by atoms with E-state index in [9.17, 15) is 0 Å². The highest BCUT2D eigenvalue weighted by Crippen LogP contribution is 2.29. The predicted octanol–water partition coefficient (Wildman–Crippen LogP) is 4.68. The number of aromatic nitrogens is 1. The number of benzene rings is 2. The quantitative estimate of drug-likeness (QED) is 0.684. The Morgan fingerprint density at radius 2 is 2.12 bits per heavy atom. The Balaban J connectivity index is 1.62. The summed E-state index contributed by atoms with van der Waals surface area (Å²) in [6.07, 6.45) is 2.18. The summed E-state index contributed by atoms with van der Waals surface area (Å²) in [5.74, 6) is 0. The van der Waals surface area contributed by atoms with E-state index in [1.54, 1.807) is 11.3 Å². The van der Waals surface area contributed by atoms with Gasteiger partial charge in [-0.1, -0.05) is 12.1 Å². The molecule has 0 saturated heterocycles. The summed E-state index contributed by atoms with van der Waals surface area (Å²) in [5.41, 5.74) is 7.79. The molecule has 3 nitrogen and oxygen atoms in total. The molecule has 1 aliphatic rings. The number of hydrogen-bond donors (Lipinski definition) is 0. The van der Waals surface area contributed by atoms with Crippen molar-refractivity contribution in [3.05, 3.63) is 64.2 Å². The van der Waals surface area contributed by atoms with Crippen molar-refractivity contribution in [2.75, 3.05) is 6.54 Å². The van der Waals surface area contributed by atoms with Crippen LogP contribution in [0.15, 0.2) is 41.9 Å². The molecule has 0 fully saturated rings. The molecule has 1 aromatic heterocycles. The van der Waals surface area contributed by atoms with Gasteiger partial charge in [0.2, 0.25) is 0 Å². The summed E-state index contributed by atoms with van der Waals surface area (Å²) in [6.45, 7) is 4.30. The Kier molecular flexibility index (Phi) is 4.05. The molecule has 1 unspecified atom stereocenters. The largest absolute Gasteiger partial charge is 0.292 e. The summed E-state index contributed by atoms with van der Waals surface area (Å²) in [5, 5.41) is 9.10. The first-order chi connectivity index (χ1) is 11.7. The maximum Gasteiger partial charge on any atom is 0.0991 e. The summed E-state index contributed by atoms with van der Waals surface area (Å²) in [6, 6.07) is 15.4. The molecule has 3 aromatic rings. The average Bonchev–Trinajstić information content (AvgIpc) is 2.98. The van der Waals surface area contributed by atoms with Gasteiger partial charge in [0.25, 0.3) is 0 Å². The normalized spacial score (nSPS) is 16.3. The van der Waals surface area contributed by atoms with Crippen molar-refractivity contribution in [3.63, 3.8) is 0 Å². The van der Waals surface area contributed by atoms with Crippen LogP contribution >= 0.6 is 11.3 Å². The van der Waals surface area contributed by atoms with Crippen LogP contribution in [0.5, 0.6) is 0 Å². The monoisotopic (exact) mass is 333 g/mol. The SMILES string of the molecule is CC(c1ccc2scnc2c1)N1CCCc2cc(C#N)ccc2C1. The van der Waals surface area contributed by atoms with Crippen LogP contribution in [0.3, 0.4) is 0 Å². The molecule has 4 rings (SSSR count). The number of nitriles is 1. The number of nitrogens with zero attached hydrogens (tertiary/aromatic N) is 3. The first kappa shape index (κ1) is 15.3. The molecule has 120 valence electrons. The van der Waals surface area contributed by atoms with Crippen LogP contribution in [-0.2, 0) is 13.0 Å². The molecule has 4 heteroatoms. The Morgan fingerprint density at radius 3 is 3.00 bits per heavy atom. The lowest BCUT2D eigenvalue weighted by atomic mass is 10.0. The Labute approximate surface area is 146 Å². The molecule has 0 N–H and O–H groups in total. The number of hydrogen-bond acceptors (Lipinski definition) is 4. The zero-order valence-electron chi connectivity index (χ0n) is 13.7. The second-order valence-electron chi connectivity index (χ2n) is 6.42. The van der Waals surface area contributed by atoms with E-state index in [-0.39, 0.29) is 0 Å². The first-order valence-corrected chi connectivity index (χ1v) is 9.21. The smallest absolute Gasteiger partial charge is 0.0991 e. The lowest BCUT2D eigenvalue weighted by Gasteiger charge is -2.28. The summed E-state index contributed by atoms with van der Waals surface area (Å²) in [7, 11) is 0. The van der Waals surface area contributed by atoms with E-state index in [4.69, 9.17) is 5.26 Å². The van der Waals surface area contributed by atoms with Gasteiger partial charge in [0.05, 0.1) is 27.4 Å². The van der Waals surface area contributed by atoms with Gasteiger partial charge in [-0.3, -0.25) is 4.90 Å². The van der Waals surface area contributed by atoms with Gasteiger partial charge in [-0.25, -0.2) is 4.98 Å². The fraction of sp³-hybridized carbons (Fsp3) is 0.300. The van der Waals surface area contributed by atoms with Crippen molar-refractivity contribution >= 4 is 21.6 Å². The Bertz CT molecular complexity index is 922. The average molecular weight is 333 g/mol. The van der Waals surface area contributed by atoms with Crippen molar-refractivity contribution in [1.82, 2.24) is 9.88 Å². The van der Waals surface area contributed by atoms with E-state index in [0.29, 0.717) is 6.04 Å². The molecule has 24 heavy (non-hydrogen) atoms. The second-order valence-corrected chi connectivity index (χ2v) is 7.31. The molecule has 0 spiro atoms. The molecule has 1 aliphatic heterocycles. The Morgan fingerprint density at radius 1 is 1.21 bits per heavy atom. The standard InChI is InChI=1S/C20H19N3S/c1-14(16-6-7-20-19(10-16)22-13-24-20)23-8-2-3-17-9-15(11-21)4-5-18(17)12-23/h4-7,9-10,13-14H,2-3,8,12H2,1H3. The first-order valence-electron chi connectivity index (χ1n) is 8.34. The molecule has 0 saturated carbocycles. The summed E-state index contributed by atoms with van der Waals surface area (Å²) >= 11 is 1.69. The molecule has 0 radical (unpaired) electrons. The third-order valence-electron chi connectivity index (χ3n) is 4.98. The van der Waals surface area contributed by atoms with Crippen LogP contribution in [0, 0.1) is 11.3 Å². The molecular formula is C20H19N3S. The van der Waals surface area contributed by atoms with Crippen LogP contribution < -0.4 is 0 Å². The van der Waals surface area contributed by atoms with Crippen molar-refractivity contribution in [2.45, 2.75) is 32.4 Å². The molecule has 2 aromatic carbocycles. The van der Waals surface area contributed by atoms with Gasteiger partial charge >= 0.3 is 0 Å². The topological polar surface area (TPSA) is 39.9 Å². The maximum absolute atomic E-state index is 9.10. The number of aryl methyl sites for hydroxylation is 1. The van der Waals surface area contributed by atoms with Crippen molar-refractivity contribution in [1.29, 1.82) is 5.26 Å². The van der Waals surface area contributed by atoms with Crippen LogP contribution in [-0.4, -0.2) is 16.4 Å². The van der Waals surface area contributed by atoms with Gasteiger partial charge in [0, 0.05) is 12.6 Å². The maximum atomic E-state index is 9.10. The third-order valence-corrected chi connectivity index (χ3v) is 5.79. The Hall–Kier alpha value is -2.22. The number of thiazole rings is 1. The van der Waals surface area contributed by atoms with Crippen molar-refractivity contribution in [2.24, 2.45) is 0 Å². The van der Waals surface area contributed by atoms with Crippen LogP contribution in [0.4, 0.5) is 0 Å². The van der Waals surface area contributed by atoms with E-state index >= 15 is 0 Å². The van der Waals surface area contributed by atoms with Gasteiger partial charge in [0.15, 0.2) is 0 Å². The minimum Gasteiger partial charge on any atom is -0.292 e. The van der Waals surface area contributed by atoms with E-state index in [0.717, 1.165) is 37.0 Å². The van der Waals surface area contributed by atoms with Gasteiger partial charge < -0.3 is 0 Å². The molecule has 2 heterocycles. The van der Waals surface area contributed by atoms with E-state index in [1.807, 2.05) is 11.6 Å². The highest BCUT2D eigenvalue weighted by Gasteiger charge is 2.20. The number of rotatable bonds is 2. The highest BCUT2D eigenvalue weighted by atomic mass is 32.1. The molecular weight excluding hydrogens is 314 g/mol. The second kappa shape index (κ2) is 6.35. The van der Waals surface area contributed by atoms with Gasteiger partial charge in [-0.2, -0.15) is 5.26 Å². The van der Waals surface area contributed by atoms with Gasteiger partial charge in [-0.05, 0) is 67.3 Å². The van der Waals surface area contributed by atoms with E-state index in [1.165, 1.54) is 21.4 Å².